The minimum Gasteiger partial charge on any atom is -0.477 e. The molecule has 0 bridgehead atoms. The van der Waals surface area contributed by atoms with E-state index in [-0.39, 0.29) is 5.57 Å². The van der Waals surface area contributed by atoms with Gasteiger partial charge in [-0.2, -0.15) is 20.3 Å². The number of carbonyl (C=O) groups is 1. The van der Waals surface area contributed by atoms with E-state index in [1.165, 1.54) is 84.9 Å². The molecule has 2 aromatic heterocycles. The number of hydrogen-bond acceptors (Lipinski definition) is 6. The van der Waals surface area contributed by atoms with Gasteiger partial charge in [0.2, 0.25) is 0 Å². The monoisotopic (exact) mass is 655 g/mol. The average Bonchev–Trinajstić information content (AvgIpc) is 3.89. The second kappa shape index (κ2) is 13.8. The van der Waals surface area contributed by atoms with E-state index < -0.39 is 5.97 Å². The molecule has 8 heteroatoms. The molecule has 2 unspecified atom stereocenters. The lowest BCUT2D eigenvalue weighted by atomic mass is 9.93. The first-order valence-corrected chi connectivity index (χ1v) is 18.1. The highest BCUT2D eigenvalue weighted by Gasteiger charge is 2.42. The van der Waals surface area contributed by atoms with E-state index in [1.807, 2.05) is 16.9 Å². The number of benzene rings is 3. The first-order chi connectivity index (χ1) is 23.4. The molecule has 0 spiro atoms. The summed E-state index contributed by atoms with van der Waals surface area (Å²) in [7, 11) is 0. The molecular formula is C40H41N5O2S. The number of fused-ring (bicyclic) bond motifs is 4. The number of carboxylic acids is 1. The Labute approximate surface area is 286 Å². The first kappa shape index (κ1) is 31.8. The Kier molecular flexibility index (Phi) is 9.14. The van der Waals surface area contributed by atoms with Crippen molar-refractivity contribution in [1.29, 1.82) is 5.26 Å². The lowest BCUT2D eigenvalue weighted by Gasteiger charge is -2.27. The summed E-state index contributed by atoms with van der Waals surface area (Å²) in [4.78, 5) is 17.5. The van der Waals surface area contributed by atoms with Crippen LogP contribution in [0.3, 0.4) is 0 Å². The summed E-state index contributed by atoms with van der Waals surface area (Å²) in [5.74, 6) is -0.710. The third-order valence-electron chi connectivity index (χ3n) is 9.94. The molecule has 0 amide bonds. The van der Waals surface area contributed by atoms with Crippen LogP contribution in [0.2, 0.25) is 0 Å². The number of hydrogen-bond donors (Lipinski definition) is 1. The minimum absolute atomic E-state index is 0.282. The SMILES string of the molecule is CCCCCCCCn1nc2c(-c3ccc4c(c3)C3CCCC3N4c3ccc(C)cc3)ccc(-c3ccc(/C=C(/C#N)C(=O)O)s3)c2n1. The highest BCUT2D eigenvalue weighted by atomic mass is 32.1. The highest BCUT2D eigenvalue weighted by molar-refractivity contribution is 7.16. The Morgan fingerprint density at radius 3 is 2.48 bits per heavy atom. The van der Waals surface area contributed by atoms with E-state index in [4.69, 9.17) is 10.2 Å². The summed E-state index contributed by atoms with van der Waals surface area (Å²) in [6.07, 6.45) is 12.3. The summed E-state index contributed by atoms with van der Waals surface area (Å²) < 4.78 is 0. The van der Waals surface area contributed by atoms with Gasteiger partial charge in [0.25, 0.3) is 0 Å². The molecule has 0 saturated heterocycles. The molecule has 7 rings (SSSR count). The smallest absolute Gasteiger partial charge is 0.346 e. The Hall–Kier alpha value is -4.74. The van der Waals surface area contributed by atoms with E-state index in [9.17, 15) is 15.2 Å². The molecule has 3 aromatic carbocycles. The first-order valence-electron chi connectivity index (χ1n) is 17.3. The van der Waals surface area contributed by atoms with Gasteiger partial charge in [-0.1, -0.05) is 81.3 Å². The third-order valence-corrected chi connectivity index (χ3v) is 11.0. The van der Waals surface area contributed by atoms with Crippen LogP contribution in [0.15, 0.2) is 72.3 Å². The van der Waals surface area contributed by atoms with Crippen molar-refractivity contribution in [3.05, 3.63) is 88.3 Å². The maximum absolute atomic E-state index is 11.4. The molecule has 2 atom stereocenters. The van der Waals surface area contributed by atoms with Crippen LogP contribution in [0.5, 0.6) is 0 Å². The summed E-state index contributed by atoms with van der Waals surface area (Å²) in [6.45, 7) is 5.14. The van der Waals surface area contributed by atoms with Crippen LogP contribution >= 0.6 is 11.3 Å². The van der Waals surface area contributed by atoms with E-state index >= 15 is 0 Å². The van der Waals surface area contributed by atoms with Gasteiger partial charge < -0.3 is 10.0 Å². The zero-order chi connectivity index (χ0) is 33.2. The standard InChI is InChI=1S/C40H41N5O2S/c1-3-4-5-6-7-8-22-44-42-38-31(18-19-33(39(38)43-44)37-21-17-30(48-37)23-28(25-41)40(46)47)27-14-20-36-34(24-27)32-10-9-11-35(32)45(36)29-15-12-26(2)13-16-29/h12-21,23-24,32,35H,3-11,22H2,1-2H3,(H,46,47)/b28-23-. The summed E-state index contributed by atoms with van der Waals surface area (Å²) in [5, 5.41) is 28.8. The van der Waals surface area contributed by atoms with Crippen molar-refractivity contribution in [1.82, 2.24) is 15.0 Å². The third kappa shape index (κ3) is 6.15. The van der Waals surface area contributed by atoms with Gasteiger partial charge in [-0.3, -0.25) is 0 Å². The van der Waals surface area contributed by atoms with Crippen molar-refractivity contribution in [2.24, 2.45) is 0 Å². The van der Waals surface area contributed by atoms with Crippen molar-refractivity contribution in [3.8, 4) is 27.6 Å². The lowest BCUT2D eigenvalue weighted by Crippen LogP contribution is -2.26. The van der Waals surface area contributed by atoms with Gasteiger partial charge in [-0.15, -0.1) is 11.3 Å². The minimum atomic E-state index is -1.22. The van der Waals surface area contributed by atoms with Gasteiger partial charge >= 0.3 is 5.97 Å². The van der Waals surface area contributed by atoms with Crippen LogP contribution < -0.4 is 4.90 Å². The van der Waals surface area contributed by atoms with Crippen LogP contribution in [-0.4, -0.2) is 32.1 Å². The van der Waals surface area contributed by atoms with Crippen molar-refractivity contribution in [2.75, 3.05) is 4.90 Å². The fraction of sp³-hybridized carbons (Fsp3) is 0.350. The van der Waals surface area contributed by atoms with Gasteiger partial charge in [-0.25, -0.2) is 4.79 Å². The molecule has 1 saturated carbocycles. The van der Waals surface area contributed by atoms with Crippen LogP contribution in [-0.2, 0) is 11.3 Å². The number of aryl methyl sites for hydroxylation is 2. The number of nitriles is 1. The zero-order valence-electron chi connectivity index (χ0n) is 27.7. The van der Waals surface area contributed by atoms with Crippen LogP contribution in [0.4, 0.5) is 11.4 Å². The Morgan fingerprint density at radius 2 is 1.71 bits per heavy atom. The molecular weight excluding hydrogens is 615 g/mol. The number of aromatic nitrogens is 3. The van der Waals surface area contributed by atoms with Gasteiger partial charge in [0.15, 0.2) is 0 Å². The number of thiophene rings is 1. The fourth-order valence-corrected chi connectivity index (χ4v) is 8.50. The van der Waals surface area contributed by atoms with Gasteiger partial charge in [0.1, 0.15) is 22.7 Å². The molecule has 7 nitrogen and oxygen atoms in total. The Balaban J connectivity index is 1.27. The number of rotatable bonds is 12. The molecule has 1 fully saturated rings. The van der Waals surface area contributed by atoms with E-state index in [1.54, 1.807) is 6.07 Å². The van der Waals surface area contributed by atoms with Gasteiger partial charge in [-0.05, 0) is 79.8 Å². The quantitative estimate of drug-likeness (QED) is 0.0816. The molecule has 2 aliphatic rings. The summed E-state index contributed by atoms with van der Waals surface area (Å²) in [5.41, 5.74) is 9.91. The molecule has 48 heavy (non-hydrogen) atoms. The van der Waals surface area contributed by atoms with Crippen molar-refractivity contribution in [2.45, 2.75) is 90.1 Å². The number of carboxylic acid groups (broad SMARTS) is 1. The summed E-state index contributed by atoms with van der Waals surface area (Å²) >= 11 is 1.45. The lowest BCUT2D eigenvalue weighted by molar-refractivity contribution is -0.132. The molecule has 1 N–H and O–H groups in total. The second-order valence-electron chi connectivity index (χ2n) is 13.2. The number of unbranched alkanes of at least 4 members (excludes halogenated alkanes) is 5. The molecule has 1 aliphatic carbocycles. The fourth-order valence-electron chi connectivity index (χ4n) is 7.53. The maximum atomic E-state index is 11.4. The summed E-state index contributed by atoms with van der Waals surface area (Å²) in [6, 6.07) is 26.3. The number of nitrogens with zero attached hydrogens (tertiary/aromatic N) is 5. The molecule has 244 valence electrons. The highest BCUT2D eigenvalue weighted by Crippen LogP contribution is 2.53. The molecule has 1 aliphatic heterocycles. The largest absolute Gasteiger partial charge is 0.477 e. The maximum Gasteiger partial charge on any atom is 0.346 e. The normalized spacial score (nSPS) is 17.1. The zero-order valence-corrected chi connectivity index (χ0v) is 28.5. The van der Waals surface area contributed by atoms with Gasteiger partial charge in [0, 0.05) is 44.2 Å². The number of anilines is 2. The van der Waals surface area contributed by atoms with E-state index in [0.717, 1.165) is 52.0 Å². The second-order valence-corrected chi connectivity index (χ2v) is 14.3. The predicted octanol–water partition coefficient (Wildman–Crippen LogP) is 10.3. The van der Waals surface area contributed by atoms with Crippen LogP contribution in [0, 0.1) is 18.3 Å². The topological polar surface area (TPSA) is 95.0 Å². The molecule has 3 heterocycles. The average molecular weight is 656 g/mol. The Bertz CT molecular complexity index is 2030. The Morgan fingerprint density at radius 1 is 0.958 bits per heavy atom. The van der Waals surface area contributed by atoms with E-state index in [2.05, 4.69) is 73.3 Å². The molecule has 5 aromatic rings. The van der Waals surface area contributed by atoms with Crippen molar-refractivity contribution in [3.63, 3.8) is 0 Å². The van der Waals surface area contributed by atoms with E-state index in [0.29, 0.717) is 16.8 Å². The van der Waals surface area contributed by atoms with Crippen LogP contribution in [0.25, 0.3) is 38.7 Å². The van der Waals surface area contributed by atoms with Crippen LogP contribution in [0.1, 0.15) is 86.6 Å². The predicted molar refractivity (Wildman–Crippen MR) is 195 cm³/mol. The van der Waals surface area contributed by atoms with Gasteiger partial charge in [0.05, 0.1) is 6.54 Å². The van der Waals surface area contributed by atoms with Crippen molar-refractivity contribution >= 4 is 45.8 Å². The number of aliphatic carboxylic acids is 1. The van der Waals surface area contributed by atoms with Crippen molar-refractivity contribution < 1.29 is 9.90 Å². The molecule has 0 radical (unpaired) electrons.